The van der Waals surface area contributed by atoms with Crippen LogP contribution >= 0.6 is 0 Å². The van der Waals surface area contributed by atoms with Gasteiger partial charge in [-0.15, -0.1) is 0 Å². The SMILES string of the molecule is CC(C)(C)OC(=O)NC[B-](F)(F)F. The Morgan fingerprint density at radius 2 is 1.85 bits per heavy atom. The standard InChI is InChI=1S/C6H12BF3NO2/c1-6(2,3)13-5(12)11-4-7(8,9)10/h4H2,1-3H3,(H,11,12)/q-1. The molecule has 0 saturated carbocycles. The van der Waals surface area contributed by atoms with Crippen LogP contribution in [0.5, 0.6) is 0 Å². The normalized spacial score (nSPS) is 12.5. The molecule has 1 amide bonds. The van der Waals surface area contributed by atoms with Gasteiger partial charge in [0.15, 0.2) is 0 Å². The van der Waals surface area contributed by atoms with Gasteiger partial charge in [-0.05, 0) is 27.2 Å². The topological polar surface area (TPSA) is 38.3 Å². The van der Waals surface area contributed by atoms with E-state index in [0.717, 1.165) is 0 Å². The van der Waals surface area contributed by atoms with Gasteiger partial charge in [-0.1, -0.05) is 0 Å². The first-order valence-corrected chi connectivity index (χ1v) is 3.78. The van der Waals surface area contributed by atoms with Gasteiger partial charge in [0, 0.05) is 0 Å². The molecule has 78 valence electrons. The molecule has 0 radical (unpaired) electrons. The van der Waals surface area contributed by atoms with Crippen molar-refractivity contribution in [2.45, 2.75) is 26.4 Å². The van der Waals surface area contributed by atoms with E-state index in [2.05, 4.69) is 4.74 Å². The average molecular weight is 198 g/mol. The molecule has 0 aromatic heterocycles. The summed E-state index contributed by atoms with van der Waals surface area (Å²) >= 11 is 0. The lowest BCUT2D eigenvalue weighted by Crippen LogP contribution is -2.40. The van der Waals surface area contributed by atoms with Gasteiger partial charge < -0.3 is 23.0 Å². The van der Waals surface area contributed by atoms with Crippen molar-refractivity contribution in [3.05, 3.63) is 0 Å². The van der Waals surface area contributed by atoms with Crippen LogP contribution < -0.4 is 5.32 Å². The molecule has 0 unspecified atom stereocenters. The van der Waals surface area contributed by atoms with Gasteiger partial charge in [0.05, 0.1) is 0 Å². The monoisotopic (exact) mass is 198 g/mol. The summed E-state index contributed by atoms with van der Waals surface area (Å²) in [6.07, 6.45) is -2.36. The molecule has 0 fully saturated rings. The Bertz CT molecular complexity index is 187. The maximum atomic E-state index is 11.6. The summed E-state index contributed by atoms with van der Waals surface area (Å²) in [4.78, 5) is 10.7. The second-order valence-electron chi connectivity index (χ2n) is 3.59. The molecule has 0 aliphatic rings. The lowest BCUT2D eigenvalue weighted by atomic mass is 9.93. The lowest BCUT2D eigenvalue weighted by molar-refractivity contribution is 0.0531. The van der Waals surface area contributed by atoms with E-state index in [1.165, 1.54) is 0 Å². The summed E-state index contributed by atoms with van der Waals surface area (Å²) in [7, 11) is 0. The van der Waals surface area contributed by atoms with Crippen LogP contribution in [0.25, 0.3) is 0 Å². The molecule has 0 rings (SSSR count). The fourth-order valence-corrected chi connectivity index (χ4v) is 0.513. The van der Waals surface area contributed by atoms with Gasteiger partial charge in [0.25, 0.3) is 0 Å². The predicted octanol–water partition coefficient (Wildman–Crippen LogP) is 1.90. The predicted molar refractivity (Wildman–Crippen MR) is 43.3 cm³/mol. The highest BCUT2D eigenvalue weighted by Crippen LogP contribution is 2.08. The van der Waals surface area contributed by atoms with Crippen molar-refractivity contribution in [3.63, 3.8) is 0 Å². The van der Waals surface area contributed by atoms with Crippen molar-refractivity contribution >= 4 is 13.1 Å². The fourth-order valence-electron chi connectivity index (χ4n) is 0.513. The third-order valence-electron chi connectivity index (χ3n) is 0.877. The average Bonchev–Trinajstić information content (AvgIpc) is 1.78. The summed E-state index contributed by atoms with van der Waals surface area (Å²) in [5.41, 5.74) is -0.775. The molecule has 0 spiro atoms. The Balaban J connectivity index is 3.78. The van der Waals surface area contributed by atoms with Crippen molar-refractivity contribution in [1.29, 1.82) is 0 Å². The summed E-state index contributed by atoms with van der Waals surface area (Å²) in [6, 6.07) is 0. The molecule has 0 aliphatic carbocycles. The first kappa shape index (κ1) is 12.1. The van der Waals surface area contributed by atoms with E-state index in [1.54, 1.807) is 26.1 Å². The van der Waals surface area contributed by atoms with E-state index in [1.807, 2.05) is 0 Å². The third kappa shape index (κ3) is 9.04. The molecule has 0 aromatic carbocycles. The van der Waals surface area contributed by atoms with Gasteiger partial charge in [-0.25, -0.2) is 4.79 Å². The van der Waals surface area contributed by atoms with Crippen molar-refractivity contribution < 1.29 is 22.5 Å². The highest BCUT2D eigenvalue weighted by atomic mass is 19.4. The maximum absolute atomic E-state index is 11.6. The van der Waals surface area contributed by atoms with Crippen LogP contribution in [0, 0.1) is 0 Å². The molecule has 1 N–H and O–H groups in total. The number of amides is 1. The van der Waals surface area contributed by atoms with Gasteiger partial charge in [0.2, 0.25) is 0 Å². The second kappa shape index (κ2) is 3.89. The minimum atomic E-state index is -4.99. The molecule has 3 nitrogen and oxygen atoms in total. The van der Waals surface area contributed by atoms with Gasteiger partial charge >= 0.3 is 13.1 Å². The first-order valence-electron chi connectivity index (χ1n) is 3.78. The molecular formula is C6H12BF3NO2-. The zero-order valence-corrected chi connectivity index (χ0v) is 7.73. The maximum Gasteiger partial charge on any atom is 0.497 e. The van der Waals surface area contributed by atoms with E-state index in [4.69, 9.17) is 0 Å². The summed E-state index contributed by atoms with van der Waals surface area (Å²) in [6.45, 7) is -0.267. The van der Waals surface area contributed by atoms with Crippen LogP contribution in [0.15, 0.2) is 0 Å². The number of hydrogen-bond donors (Lipinski definition) is 1. The molecule has 0 aromatic rings. The van der Waals surface area contributed by atoms with Crippen LogP contribution in [-0.2, 0) is 4.74 Å². The van der Waals surface area contributed by atoms with Crippen molar-refractivity contribution in [1.82, 2.24) is 5.32 Å². The number of hydrogen-bond acceptors (Lipinski definition) is 2. The molecule has 13 heavy (non-hydrogen) atoms. The highest BCUT2D eigenvalue weighted by Gasteiger charge is 2.25. The van der Waals surface area contributed by atoms with Crippen molar-refractivity contribution in [3.8, 4) is 0 Å². The number of ether oxygens (including phenoxy) is 1. The summed E-state index contributed by atoms with van der Waals surface area (Å²) < 4.78 is 39.5. The van der Waals surface area contributed by atoms with Crippen LogP contribution in [0.4, 0.5) is 17.7 Å². The zero-order valence-electron chi connectivity index (χ0n) is 7.73. The van der Waals surface area contributed by atoms with Crippen molar-refractivity contribution in [2.75, 3.05) is 6.44 Å². The van der Waals surface area contributed by atoms with E-state index in [-0.39, 0.29) is 0 Å². The number of rotatable bonds is 2. The Morgan fingerprint density at radius 3 is 2.15 bits per heavy atom. The molecule has 0 bridgehead atoms. The number of alkyl carbamates (subject to hydrolysis) is 1. The smallest absolute Gasteiger partial charge is 0.448 e. The van der Waals surface area contributed by atoms with Crippen LogP contribution in [-0.4, -0.2) is 25.1 Å². The molecular weight excluding hydrogens is 186 g/mol. The van der Waals surface area contributed by atoms with Gasteiger partial charge in [-0.3, -0.25) is 0 Å². The Kier molecular flexibility index (Phi) is 3.63. The molecule has 0 heterocycles. The molecule has 0 saturated heterocycles. The van der Waals surface area contributed by atoms with Crippen LogP contribution in [0.3, 0.4) is 0 Å². The van der Waals surface area contributed by atoms with Gasteiger partial charge in [-0.2, -0.15) is 0 Å². The highest BCUT2D eigenvalue weighted by molar-refractivity contribution is 6.58. The second-order valence-corrected chi connectivity index (χ2v) is 3.59. The Hall–Kier alpha value is -0.875. The Labute approximate surface area is 74.7 Å². The van der Waals surface area contributed by atoms with E-state index in [0.29, 0.717) is 0 Å². The number of nitrogens with one attached hydrogen (secondary N) is 1. The molecule has 0 aliphatic heterocycles. The largest absolute Gasteiger partial charge is 0.497 e. The summed E-state index contributed by atoms with van der Waals surface area (Å²) in [5.74, 6) is 0. The van der Waals surface area contributed by atoms with Crippen LogP contribution in [0.2, 0.25) is 0 Å². The lowest BCUT2D eigenvalue weighted by Gasteiger charge is -2.21. The number of carbonyl (C=O) groups excluding carboxylic acids is 1. The minimum absolute atomic E-state index is 0.775. The van der Waals surface area contributed by atoms with E-state index < -0.39 is 25.1 Å². The molecule has 7 heteroatoms. The fraction of sp³-hybridized carbons (Fsp3) is 0.833. The first-order chi connectivity index (χ1) is 5.60. The minimum Gasteiger partial charge on any atom is -0.448 e. The quantitative estimate of drug-likeness (QED) is 0.688. The Morgan fingerprint density at radius 1 is 1.38 bits per heavy atom. The number of carbonyl (C=O) groups is 1. The van der Waals surface area contributed by atoms with Crippen molar-refractivity contribution in [2.24, 2.45) is 0 Å². The summed E-state index contributed by atoms with van der Waals surface area (Å²) in [5, 5.41) is 1.62. The van der Waals surface area contributed by atoms with E-state index in [9.17, 15) is 17.7 Å². The molecule has 0 atom stereocenters. The third-order valence-corrected chi connectivity index (χ3v) is 0.877. The van der Waals surface area contributed by atoms with E-state index >= 15 is 0 Å². The van der Waals surface area contributed by atoms with Gasteiger partial charge in [0.1, 0.15) is 5.60 Å². The number of halogens is 3. The van der Waals surface area contributed by atoms with Crippen LogP contribution in [0.1, 0.15) is 20.8 Å². The zero-order chi connectivity index (χ0) is 10.7.